The molecule has 0 saturated carbocycles. The Labute approximate surface area is 123 Å². The van der Waals surface area contributed by atoms with Gasteiger partial charge in [-0.1, -0.05) is 37.6 Å². The maximum Gasteiger partial charge on any atom is 0.259 e. The lowest BCUT2D eigenvalue weighted by Crippen LogP contribution is -2.16. The molecule has 1 amide bonds. The molecule has 1 aromatic heterocycles. The molecule has 0 atom stereocenters. The highest BCUT2D eigenvalue weighted by Crippen LogP contribution is 2.21. The molecule has 0 fully saturated rings. The van der Waals surface area contributed by atoms with Crippen molar-refractivity contribution in [3.05, 3.63) is 52.6 Å². The largest absolute Gasteiger partial charge is 0.321 e. The van der Waals surface area contributed by atoms with Crippen LogP contribution in [0.3, 0.4) is 0 Å². The summed E-state index contributed by atoms with van der Waals surface area (Å²) in [5.41, 5.74) is 1.69. The molecule has 0 unspecified atom stereocenters. The molecule has 0 aliphatic heterocycles. The number of halogens is 1. The van der Waals surface area contributed by atoms with Crippen LogP contribution in [0.4, 0.5) is 5.69 Å². The van der Waals surface area contributed by atoms with Gasteiger partial charge in [0.25, 0.3) is 5.91 Å². The Morgan fingerprint density at radius 1 is 1.30 bits per heavy atom. The van der Waals surface area contributed by atoms with Gasteiger partial charge in [0.05, 0.1) is 22.0 Å². The maximum atomic E-state index is 12.2. The van der Waals surface area contributed by atoms with Crippen molar-refractivity contribution in [1.29, 1.82) is 0 Å². The fraction of sp³-hybridized carbons (Fsp3) is 0.267. The van der Waals surface area contributed by atoms with Crippen molar-refractivity contribution in [1.82, 2.24) is 9.97 Å². The highest BCUT2D eigenvalue weighted by molar-refractivity contribution is 6.33. The Morgan fingerprint density at radius 2 is 2.00 bits per heavy atom. The number of nitrogens with one attached hydrogen (secondary N) is 1. The molecule has 0 aliphatic carbocycles. The number of aryl methyl sites for hydroxylation is 1. The van der Waals surface area contributed by atoms with Crippen LogP contribution in [0, 0.1) is 6.92 Å². The molecule has 0 saturated heterocycles. The second kappa shape index (κ2) is 6.01. The zero-order valence-corrected chi connectivity index (χ0v) is 12.4. The maximum absolute atomic E-state index is 12.2. The van der Waals surface area contributed by atoms with Crippen LogP contribution in [0.1, 0.15) is 41.6 Å². The number of carbonyl (C=O) groups excluding carboxylic acids is 1. The molecule has 1 heterocycles. The molecule has 2 aromatic rings. The van der Waals surface area contributed by atoms with Gasteiger partial charge in [-0.05, 0) is 19.1 Å². The van der Waals surface area contributed by atoms with E-state index in [-0.39, 0.29) is 11.8 Å². The van der Waals surface area contributed by atoms with Gasteiger partial charge in [-0.3, -0.25) is 4.79 Å². The van der Waals surface area contributed by atoms with Crippen LogP contribution >= 0.6 is 11.6 Å². The SMILES string of the molecule is Cc1nc(C(C)C)ncc1C(=O)Nc1ccccc1Cl. The highest BCUT2D eigenvalue weighted by atomic mass is 35.5. The van der Waals surface area contributed by atoms with Gasteiger partial charge < -0.3 is 5.32 Å². The number of carbonyl (C=O) groups is 1. The van der Waals surface area contributed by atoms with Crippen molar-refractivity contribution < 1.29 is 4.79 Å². The number of rotatable bonds is 3. The third-order valence-corrected chi connectivity index (χ3v) is 3.21. The molecule has 0 spiro atoms. The second-order valence-electron chi connectivity index (χ2n) is 4.82. The Kier molecular flexibility index (Phi) is 4.35. The lowest BCUT2D eigenvalue weighted by Gasteiger charge is -2.10. The Morgan fingerprint density at radius 3 is 2.60 bits per heavy atom. The van der Waals surface area contributed by atoms with Crippen molar-refractivity contribution in [3.63, 3.8) is 0 Å². The molecule has 0 bridgehead atoms. The van der Waals surface area contributed by atoms with E-state index in [2.05, 4.69) is 15.3 Å². The number of para-hydroxylation sites is 1. The number of benzene rings is 1. The summed E-state index contributed by atoms with van der Waals surface area (Å²) in [5.74, 6) is 0.706. The average Bonchev–Trinajstić information content (AvgIpc) is 2.41. The first-order chi connectivity index (χ1) is 9.49. The van der Waals surface area contributed by atoms with E-state index in [0.29, 0.717) is 22.0 Å². The van der Waals surface area contributed by atoms with Gasteiger partial charge in [0.2, 0.25) is 0 Å². The van der Waals surface area contributed by atoms with Gasteiger partial charge in [0, 0.05) is 12.1 Å². The van der Waals surface area contributed by atoms with E-state index in [0.717, 1.165) is 5.82 Å². The summed E-state index contributed by atoms with van der Waals surface area (Å²) in [6.07, 6.45) is 1.56. The van der Waals surface area contributed by atoms with Crippen LogP contribution in [0.25, 0.3) is 0 Å². The van der Waals surface area contributed by atoms with Crippen molar-refractivity contribution in [3.8, 4) is 0 Å². The van der Waals surface area contributed by atoms with Crippen molar-refractivity contribution in [2.24, 2.45) is 0 Å². The number of amides is 1. The smallest absolute Gasteiger partial charge is 0.259 e. The predicted molar refractivity (Wildman–Crippen MR) is 80.3 cm³/mol. The average molecular weight is 290 g/mol. The fourth-order valence-corrected chi connectivity index (χ4v) is 1.92. The van der Waals surface area contributed by atoms with Crippen LogP contribution in [0.15, 0.2) is 30.5 Å². The monoisotopic (exact) mass is 289 g/mol. The van der Waals surface area contributed by atoms with Crippen molar-refractivity contribution >= 4 is 23.2 Å². The first-order valence-electron chi connectivity index (χ1n) is 6.38. The second-order valence-corrected chi connectivity index (χ2v) is 5.22. The molecule has 5 heteroatoms. The molecular weight excluding hydrogens is 274 g/mol. The lowest BCUT2D eigenvalue weighted by molar-refractivity contribution is 0.102. The molecule has 0 aliphatic rings. The third-order valence-electron chi connectivity index (χ3n) is 2.88. The standard InChI is InChI=1S/C15H16ClN3O/c1-9(2)14-17-8-11(10(3)18-14)15(20)19-13-7-5-4-6-12(13)16/h4-9H,1-3H3,(H,19,20). The first-order valence-corrected chi connectivity index (χ1v) is 6.76. The van der Waals surface area contributed by atoms with Crippen LogP contribution in [-0.2, 0) is 0 Å². The van der Waals surface area contributed by atoms with Crippen molar-refractivity contribution in [2.75, 3.05) is 5.32 Å². The minimum atomic E-state index is -0.258. The summed E-state index contributed by atoms with van der Waals surface area (Å²) < 4.78 is 0. The zero-order chi connectivity index (χ0) is 14.7. The Bertz CT molecular complexity index is 641. The molecule has 1 aromatic carbocycles. The van der Waals surface area contributed by atoms with Crippen LogP contribution in [0.5, 0.6) is 0 Å². The van der Waals surface area contributed by atoms with Crippen LogP contribution in [0.2, 0.25) is 5.02 Å². The molecule has 1 N–H and O–H groups in total. The van der Waals surface area contributed by atoms with Gasteiger partial charge in [-0.25, -0.2) is 9.97 Å². The predicted octanol–water partition coefficient (Wildman–Crippen LogP) is 3.81. The summed E-state index contributed by atoms with van der Waals surface area (Å²) >= 11 is 6.02. The molecule has 4 nitrogen and oxygen atoms in total. The lowest BCUT2D eigenvalue weighted by atomic mass is 10.1. The number of nitrogens with zero attached hydrogens (tertiary/aromatic N) is 2. The Hall–Kier alpha value is -1.94. The molecule has 20 heavy (non-hydrogen) atoms. The number of aromatic nitrogens is 2. The summed E-state index contributed by atoms with van der Waals surface area (Å²) in [6, 6.07) is 7.10. The van der Waals surface area contributed by atoms with Crippen molar-refractivity contribution in [2.45, 2.75) is 26.7 Å². The van der Waals surface area contributed by atoms with Crippen LogP contribution in [-0.4, -0.2) is 15.9 Å². The van der Waals surface area contributed by atoms with E-state index in [1.54, 1.807) is 25.3 Å². The molecule has 0 radical (unpaired) electrons. The normalized spacial score (nSPS) is 10.7. The number of hydrogen-bond acceptors (Lipinski definition) is 3. The topological polar surface area (TPSA) is 54.9 Å². The Balaban J connectivity index is 2.24. The fourth-order valence-electron chi connectivity index (χ4n) is 1.74. The molecular formula is C15H16ClN3O. The van der Waals surface area contributed by atoms with Gasteiger partial charge in [0.1, 0.15) is 5.82 Å². The van der Waals surface area contributed by atoms with E-state index in [1.165, 1.54) is 0 Å². The number of anilines is 1. The van der Waals surface area contributed by atoms with Crippen LogP contribution < -0.4 is 5.32 Å². The summed E-state index contributed by atoms with van der Waals surface area (Å²) in [4.78, 5) is 20.8. The minimum Gasteiger partial charge on any atom is -0.321 e. The van der Waals surface area contributed by atoms with E-state index in [9.17, 15) is 4.79 Å². The summed E-state index contributed by atoms with van der Waals surface area (Å²) in [6.45, 7) is 5.82. The van der Waals surface area contributed by atoms with E-state index in [4.69, 9.17) is 11.6 Å². The van der Waals surface area contributed by atoms with Gasteiger partial charge >= 0.3 is 0 Å². The zero-order valence-electron chi connectivity index (χ0n) is 11.6. The molecule has 104 valence electrons. The quantitative estimate of drug-likeness (QED) is 0.934. The van der Waals surface area contributed by atoms with E-state index >= 15 is 0 Å². The first kappa shape index (κ1) is 14.5. The molecule has 2 rings (SSSR count). The highest BCUT2D eigenvalue weighted by Gasteiger charge is 2.14. The summed E-state index contributed by atoms with van der Waals surface area (Å²) in [7, 11) is 0. The van der Waals surface area contributed by atoms with E-state index < -0.39 is 0 Å². The van der Waals surface area contributed by atoms with Gasteiger partial charge in [-0.2, -0.15) is 0 Å². The van der Waals surface area contributed by atoms with Gasteiger partial charge in [-0.15, -0.1) is 0 Å². The van der Waals surface area contributed by atoms with Gasteiger partial charge in [0.15, 0.2) is 0 Å². The van der Waals surface area contributed by atoms with E-state index in [1.807, 2.05) is 26.0 Å². The number of hydrogen-bond donors (Lipinski definition) is 1. The third kappa shape index (κ3) is 3.14. The minimum absolute atomic E-state index is 0.231. The summed E-state index contributed by atoms with van der Waals surface area (Å²) in [5, 5.41) is 3.26.